The highest BCUT2D eigenvalue weighted by Gasteiger charge is 2.40. The SMILES string of the molecule is Cc1nc(N)sc1-c1ccnc(C2(C)CC2)c1. The van der Waals surface area contributed by atoms with E-state index in [-0.39, 0.29) is 0 Å². The summed E-state index contributed by atoms with van der Waals surface area (Å²) in [6, 6.07) is 4.22. The topological polar surface area (TPSA) is 51.8 Å². The highest BCUT2D eigenvalue weighted by molar-refractivity contribution is 7.18. The molecule has 0 radical (unpaired) electrons. The third-order valence-corrected chi connectivity index (χ3v) is 4.49. The fraction of sp³-hybridized carbons (Fsp3) is 0.385. The van der Waals surface area contributed by atoms with Gasteiger partial charge in [0.25, 0.3) is 0 Å². The molecule has 3 nitrogen and oxygen atoms in total. The monoisotopic (exact) mass is 245 g/mol. The Labute approximate surface area is 105 Å². The normalized spacial score (nSPS) is 17.1. The maximum Gasteiger partial charge on any atom is 0.180 e. The lowest BCUT2D eigenvalue weighted by Gasteiger charge is -2.08. The lowest BCUT2D eigenvalue weighted by atomic mass is 10.0. The zero-order valence-corrected chi connectivity index (χ0v) is 10.8. The molecule has 0 unspecified atom stereocenters. The maximum atomic E-state index is 5.74. The first-order valence-electron chi connectivity index (χ1n) is 5.78. The number of nitrogens with two attached hydrogens (primary N) is 1. The highest BCUT2D eigenvalue weighted by Crippen LogP contribution is 2.47. The summed E-state index contributed by atoms with van der Waals surface area (Å²) >= 11 is 1.55. The molecule has 0 aliphatic heterocycles. The second kappa shape index (κ2) is 3.53. The van der Waals surface area contributed by atoms with Gasteiger partial charge in [-0.25, -0.2) is 4.98 Å². The summed E-state index contributed by atoms with van der Waals surface area (Å²) in [4.78, 5) is 9.92. The van der Waals surface area contributed by atoms with Crippen LogP contribution in [0.4, 0.5) is 5.13 Å². The number of anilines is 1. The molecular formula is C13H15N3S. The molecule has 88 valence electrons. The molecule has 1 aliphatic rings. The van der Waals surface area contributed by atoms with Crippen molar-refractivity contribution in [3.05, 3.63) is 29.7 Å². The molecule has 2 aromatic rings. The molecule has 1 fully saturated rings. The van der Waals surface area contributed by atoms with Crippen molar-refractivity contribution in [2.24, 2.45) is 0 Å². The molecule has 2 aromatic heterocycles. The van der Waals surface area contributed by atoms with E-state index in [1.165, 1.54) is 24.1 Å². The van der Waals surface area contributed by atoms with Gasteiger partial charge in [0.15, 0.2) is 5.13 Å². The van der Waals surface area contributed by atoms with Crippen molar-refractivity contribution in [2.45, 2.75) is 32.1 Å². The van der Waals surface area contributed by atoms with Crippen LogP contribution in [0.2, 0.25) is 0 Å². The van der Waals surface area contributed by atoms with Crippen LogP contribution >= 0.6 is 11.3 Å². The zero-order chi connectivity index (χ0) is 12.0. The molecule has 0 spiro atoms. The Morgan fingerprint density at radius 2 is 2.18 bits per heavy atom. The molecular weight excluding hydrogens is 230 g/mol. The Kier molecular flexibility index (Phi) is 2.23. The molecule has 4 heteroatoms. The van der Waals surface area contributed by atoms with Gasteiger partial charge in [-0.2, -0.15) is 0 Å². The zero-order valence-electron chi connectivity index (χ0n) is 10.0. The molecule has 0 amide bonds. The van der Waals surface area contributed by atoms with Gasteiger partial charge in [0.2, 0.25) is 0 Å². The minimum absolute atomic E-state index is 0.306. The summed E-state index contributed by atoms with van der Waals surface area (Å²) in [5.74, 6) is 0. The Bertz CT molecular complexity index is 570. The first-order valence-corrected chi connectivity index (χ1v) is 6.60. The second-order valence-electron chi connectivity index (χ2n) is 4.96. The molecule has 0 atom stereocenters. The van der Waals surface area contributed by atoms with Crippen molar-refractivity contribution in [1.82, 2.24) is 9.97 Å². The van der Waals surface area contributed by atoms with E-state index in [4.69, 9.17) is 5.73 Å². The standard InChI is InChI=1S/C13H15N3S/c1-8-11(17-12(14)16-8)9-3-6-15-10(7-9)13(2)4-5-13/h3,6-7H,4-5H2,1-2H3,(H2,14,16). The van der Waals surface area contributed by atoms with E-state index >= 15 is 0 Å². The number of pyridine rings is 1. The van der Waals surface area contributed by atoms with Gasteiger partial charge in [-0.3, -0.25) is 4.98 Å². The minimum Gasteiger partial charge on any atom is -0.375 e. The Morgan fingerprint density at radius 1 is 1.41 bits per heavy atom. The minimum atomic E-state index is 0.306. The summed E-state index contributed by atoms with van der Waals surface area (Å²) in [6.07, 6.45) is 4.38. The quantitative estimate of drug-likeness (QED) is 0.884. The van der Waals surface area contributed by atoms with E-state index in [1.54, 1.807) is 11.3 Å². The van der Waals surface area contributed by atoms with Crippen LogP contribution in [-0.2, 0) is 5.41 Å². The summed E-state index contributed by atoms with van der Waals surface area (Å²) in [5, 5.41) is 0.633. The summed E-state index contributed by atoms with van der Waals surface area (Å²) in [7, 11) is 0. The van der Waals surface area contributed by atoms with Crippen LogP contribution in [-0.4, -0.2) is 9.97 Å². The third kappa shape index (κ3) is 1.82. The van der Waals surface area contributed by atoms with E-state index in [9.17, 15) is 0 Å². The van der Waals surface area contributed by atoms with Gasteiger partial charge in [0, 0.05) is 17.3 Å². The van der Waals surface area contributed by atoms with Crippen molar-refractivity contribution < 1.29 is 0 Å². The Morgan fingerprint density at radius 3 is 2.76 bits per heavy atom. The summed E-state index contributed by atoms with van der Waals surface area (Å²) < 4.78 is 0. The van der Waals surface area contributed by atoms with Gasteiger partial charge in [-0.1, -0.05) is 18.3 Å². The second-order valence-corrected chi connectivity index (χ2v) is 5.99. The number of hydrogen-bond donors (Lipinski definition) is 1. The smallest absolute Gasteiger partial charge is 0.180 e. The number of aromatic nitrogens is 2. The summed E-state index contributed by atoms with van der Waals surface area (Å²) in [6.45, 7) is 4.27. The first kappa shape index (κ1) is 10.7. The lowest BCUT2D eigenvalue weighted by molar-refractivity contribution is 0.751. The number of nitrogen functional groups attached to an aromatic ring is 1. The van der Waals surface area contributed by atoms with Crippen molar-refractivity contribution >= 4 is 16.5 Å². The molecule has 3 rings (SSSR count). The number of thiazole rings is 1. The predicted molar refractivity (Wildman–Crippen MR) is 71.1 cm³/mol. The van der Waals surface area contributed by atoms with Gasteiger partial charge in [0.1, 0.15) is 0 Å². The fourth-order valence-corrected chi connectivity index (χ4v) is 2.86. The molecule has 17 heavy (non-hydrogen) atoms. The van der Waals surface area contributed by atoms with Crippen LogP contribution < -0.4 is 5.73 Å². The Balaban J connectivity index is 2.06. The third-order valence-electron chi connectivity index (χ3n) is 3.45. The van der Waals surface area contributed by atoms with Crippen molar-refractivity contribution in [3.63, 3.8) is 0 Å². The highest BCUT2D eigenvalue weighted by atomic mass is 32.1. The van der Waals surface area contributed by atoms with Crippen LogP contribution in [0, 0.1) is 6.92 Å². The average Bonchev–Trinajstić information content (AvgIpc) is 2.97. The van der Waals surface area contributed by atoms with Gasteiger partial charge in [0.05, 0.1) is 10.6 Å². The molecule has 0 saturated heterocycles. The number of aryl methyl sites for hydroxylation is 1. The van der Waals surface area contributed by atoms with Gasteiger partial charge in [-0.15, -0.1) is 0 Å². The van der Waals surface area contributed by atoms with Crippen LogP contribution in [0.15, 0.2) is 18.3 Å². The molecule has 2 N–H and O–H groups in total. The van der Waals surface area contributed by atoms with Crippen molar-refractivity contribution in [3.8, 4) is 10.4 Å². The fourth-order valence-electron chi connectivity index (χ4n) is 2.03. The molecule has 1 saturated carbocycles. The van der Waals surface area contributed by atoms with Crippen LogP contribution in [0.25, 0.3) is 10.4 Å². The molecule has 0 bridgehead atoms. The molecule has 0 aromatic carbocycles. The van der Waals surface area contributed by atoms with E-state index < -0.39 is 0 Å². The van der Waals surface area contributed by atoms with Crippen LogP contribution in [0.3, 0.4) is 0 Å². The van der Waals surface area contributed by atoms with Gasteiger partial charge in [-0.05, 0) is 37.5 Å². The molecule has 1 aliphatic carbocycles. The van der Waals surface area contributed by atoms with Crippen molar-refractivity contribution in [2.75, 3.05) is 5.73 Å². The van der Waals surface area contributed by atoms with Gasteiger partial charge >= 0.3 is 0 Å². The van der Waals surface area contributed by atoms with Gasteiger partial charge < -0.3 is 5.73 Å². The van der Waals surface area contributed by atoms with E-state index in [2.05, 4.69) is 23.0 Å². The lowest BCUT2D eigenvalue weighted by Crippen LogP contribution is -2.02. The number of hydrogen-bond acceptors (Lipinski definition) is 4. The van der Waals surface area contributed by atoms with E-state index in [1.807, 2.05) is 19.2 Å². The largest absolute Gasteiger partial charge is 0.375 e. The molecule has 2 heterocycles. The van der Waals surface area contributed by atoms with Crippen LogP contribution in [0.5, 0.6) is 0 Å². The van der Waals surface area contributed by atoms with Crippen molar-refractivity contribution in [1.29, 1.82) is 0 Å². The van der Waals surface area contributed by atoms with E-state index in [0.29, 0.717) is 10.5 Å². The van der Waals surface area contributed by atoms with E-state index in [0.717, 1.165) is 10.6 Å². The summed E-state index contributed by atoms with van der Waals surface area (Å²) in [5.41, 5.74) is 9.44. The number of rotatable bonds is 2. The van der Waals surface area contributed by atoms with Crippen LogP contribution in [0.1, 0.15) is 31.2 Å². The average molecular weight is 245 g/mol. The first-order chi connectivity index (χ1) is 8.08. The maximum absolute atomic E-state index is 5.74. The number of nitrogens with zero attached hydrogens (tertiary/aromatic N) is 2. The Hall–Kier alpha value is -1.42. The predicted octanol–water partition coefficient (Wildman–Crippen LogP) is 3.15.